The average Bonchev–Trinajstić information content (AvgIpc) is 2.72. The van der Waals surface area contributed by atoms with Crippen LogP contribution in [0.4, 0.5) is 0 Å². The predicted molar refractivity (Wildman–Crippen MR) is 63.4 cm³/mol. The Morgan fingerprint density at radius 1 is 1.35 bits per heavy atom. The lowest BCUT2D eigenvalue weighted by molar-refractivity contribution is 0.337. The molecule has 3 rings (SSSR count). The second-order valence-electron chi connectivity index (χ2n) is 4.42. The molecule has 0 amide bonds. The molecule has 0 radical (unpaired) electrons. The van der Waals surface area contributed by atoms with E-state index in [4.69, 9.17) is 0 Å². The van der Waals surface area contributed by atoms with Crippen LogP contribution in [0.25, 0.3) is 0 Å². The van der Waals surface area contributed by atoms with Gasteiger partial charge in [-0.3, -0.25) is 4.98 Å². The molecular formula is C12H15N5. The summed E-state index contributed by atoms with van der Waals surface area (Å²) in [7, 11) is 0. The third kappa shape index (κ3) is 2.34. The van der Waals surface area contributed by atoms with E-state index in [2.05, 4.69) is 25.1 Å². The van der Waals surface area contributed by atoms with Gasteiger partial charge >= 0.3 is 0 Å². The summed E-state index contributed by atoms with van der Waals surface area (Å²) in [6.07, 6.45) is 4.60. The van der Waals surface area contributed by atoms with Crippen LogP contribution in [-0.2, 0) is 13.0 Å². The smallest absolute Gasteiger partial charge is 0.133 e. The minimum atomic E-state index is 0.710. The van der Waals surface area contributed by atoms with Crippen LogP contribution in [0.3, 0.4) is 0 Å². The lowest BCUT2D eigenvalue weighted by Crippen LogP contribution is -2.43. The topological polar surface area (TPSA) is 55.6 Å². The molecule has 1 N–H and O–H groups in total. The van der Waals surface area contributed by atoms with Crippen LogP contribution >= 0.6 is 0 Å². The normalized spacial score (nSPS) is 15.8. The molecule has 2 aromatic rings. The first kappa shape index (κ1) is 10.4. The molecule has 5 nitrogen and oxygen atoms in total. The van der Waals surface area contributed by atoms with Crippen molar-refractivity contribution >= 4 is 0 Å². The van der Waals surface area contributed by atoms with Crippen molar-refractivity contribution in [2.75, 3.05) is 13.1 Å². The van der Waals surface area contributed by atoms with Gasteiger partial charge in [-0.05, 0) is 31.1 Å². The molecule has 0 unspecified atom stereocenters. The van der Waals surface area contributed by atoms with E-state index in [0.717, 1.165) is 37.6 Å². The summed E-state index contributed by atoms with van der Waals surface area (Å²) >= 11 is 0. The maximum Gasteiger partial charge on any atom is 0.133 e. The largest absolute Gasteiger partial charge is 0.316 e. The zero-order valence-electron chi connectivity index (χ0n) is 9.58. The van der Waals surface area contributed by atoms with Gasteiger partial charge in [-0.15, -0.1) is 10.2 Å². The van der Waals surface area contributed by atoms with Gasteiger partial charge in [0.1, 0.15) is 12.2 Å². The molecule has 0 aromatic carbocycles. The summed E-state index contributed by atoms with van der Waals surface area (Å²) in [6.45, 7) is 2.94. The third-order valence-corrected chi connectivity index (χ3v) is 3.09. The molecule has 0 bridgehead atoms. The van der Waals surface area contributed by atoms with Gasteiger partial charge < -0.3 is 9.88 Å². The lowest BCUT2D eigenvalue weighted by Gasteiger charge is -2.26. The van der Waals surface area contributed by atoms with Crippen molar-refractivity contribution in [2.45, 2.75) is 13.0 Å². The fourth-order valence-electron chi connectivity index (χ4n) is 1.99. The first-order valence-electron chi connectivity index (χ1n) is 5.89. The Labute approximate surface area is 99.9 Å². The standard InChI is InChI=1S/C12H15N5/c1-2-4-14-11(3-1)8-17-9-15-16-12(17)5-10-6-13-7-10/h1-4,9-10,13H,5-8H2. The van der Waals surface area contributed by atoms with Crippen molar-refractivity contribution in [1.29, 1.82) is 0 Å². The Balaban J connectivity index is 1.72. The molecule has 5 heteroatoms. The molecule has 0 spiro atoms. The summed E-state index contributed by atoms with van der Waals surface area (Å²) in [5.41, 5.74) is 1.04. The molecule has 0 aliphatic carbocycles. The molecule has 1 aliphatic rings. The minimum Gasteiger partial charge on any atom is -0.316 e. The van der Waals surface area contributed by atoms with Gasteiger partial charge in [0.2, 0.25) is 0 Å². The van der Waals surface area contributed by atoms with E-state index in [9.17, 15) is 0 Å². The Bertz CT molecular complexity index is 475. The fourth-order valence-corrected chi connectivity index (χ4v) is 1.99. The van der Waals surface area contributed by atoms with Gasteiger partial charge in [-0.2, -0.15) is 0 Å². The van der Waals surface area contributed by atoms with E-state index in [-0.39, 0.29) is 0 Å². The Hall–Kier alpha value is -1.75. The quantitative estimate of drug-likeness (QED) is 0.828. The van der Waals surface area contributed by atoms with E-state index in [1.54, 1.807) is 6.33 Å². The first-order chi connectivity index (χ1) is 8.42. The van der Waals surface area contributed by atoms with Gasteiger partial charge in [-0.1, -0.05) is 6.07 Å². The zero-order chi connectivity index (χ0) is 11.5. The highest BCUT2D eigenvalue weighted by Gasteiger charge is 2.19. The molecule has 1 saturated heterocycles. The SMILES string of the molecule is c1ccc(Cn2cnnc2CC2CNC2)nc1. The first-order valence-corrected chi connectivity index (χ1v) is 5.89. The molecular weight excluding hydrogens is 214 g/mol. The maximum atomic E-state index is 4.32. The minimum absolute atomic E-state index is 0.710. The van der Waals surface area contributed by atoms with Crippen LogP contribution in [0.2, 0.25) is 0 Å². The number of nitrogens with zero attached hydrogens (tertiary/aromatic N) is 4. The third-order valence-electron chi connectivity index (χ3n) is 3.09. The molecule has 17 heavy (non-hydrogen) atoms. The number of aromatic nitrogens is 4. The molecule has 0 saturated carbocycles. The van der Waals surface area contributed by atoms with Crippen molar-refractivity contribution in [3.05, 3.63) is 42.2 Å². The second-order valence-corrected chi connectivity index (χ2v) is 4.42. The molecule has 1 aliphatic heterocycles. The number of pyridine rings is 1. The highest BCUT2D eigenvalue weighted by molar-refractivity contribution is 5.05. The maximum absolute atomic E-state index is 4.32. The second kappa shape index (κ2) is 4.63. The van der Waals surface area contributed by atoms with Crippen LogP contribution in [0.5, 0.6) is 0 Å². The highest BCUT2D eigenvalue weighted by atomic mass is 15.3. The number of nitrogens with one attached hydrogen (secondary N) is 1. The zero-order valence-corrected chi connectivity index (χ0v) is 9.58. The monoisotopic (exact) mass is 229 g/mol. The summed E-state index contributed by atoms with van der Waals surface area (Å²) in [5.74, 6) is 1.77. The van der Waals surface area contributed by atoms with Crippen LogP contribution < -0.4 is 5.32 Å². The van der Waals surface area contributed by atoms with Gasteiger partial charge in [-0.25, -0.2) is 0 Å². The van der Waals surface area contributed by atoms with E-state index in [1.165, 1.54) is 0 Å². The Morgan fingerprint density at radius 2 is 2.29 bits per heavy atom. The van der Waals surface area contributed by atoms with Crippen LogP contribution in [-0.4, -0.2) is 32.8 Å². The Kier molecular flexibility index (Phi) is 2.83. The van der Waals surface area contributed by atoms with Crippen molar-refractivity contribution in [2.24, 2.45) is 5.92 Å². The Morgan fingerprint density at radius 3 is 3.00 bits per heavy atom. The summed E-state index contributed by atoms with van der Waals surface area (Å²) in [4.78, 5) is 4.32. The van der Waals surface area contributed by atoms with Crippen molar-refractivity contribution in [3.63, 3.8) is 0 Å². The van der Waals surface area contributed by atoms with E-state index >= 15 is 0 Å². The van der Waals surface area contributed by atoms with E-state index < -0.39 is 0 Å². The number of rotatable bonds is 4. The van der Waals surface area contributed by atoms with Crippen LogP contribution in [0.15, 0.2) is 30.7 Å². The molecule has 1 fully saturated rings. The van der Waals surface area contributed by atoms with Crippen LogP contribution in [0, 0.1) is 5.92 Å². The lowest BCUT2D eigenvalue weighted by atomic mass is 9.99. The number of hydrogen-bond acceptors (Lipinski definition) is 4. The van der Waals surface area contributed by atoms with Gasteiger partial charge in [0.25, 0.3) is 0 Å². The molecule has 3 heterocycles. The fraction of sp³-hybridized carbons (Fsp3) is 0.417. The van der Waals surface area contributed by atoms with Crippen molar-refractivity contribution in [1.82, 2.24) is 25.1 Å². The van der Waals surface area contributed by atoms with E-state index in [0.29, 0.717) is 5.92 Å². The molecule has 88 valence electrons. The van der Waals surface area contributed by atoms with Crippen molar-refractivity contribution in [3.8, 4) is 0 Å². The predicted octanol–water partition coefficient (Wildman–Crippen LogP) is 0.483. The molecule has 2 aromatic heterocycles. The van der Waals surface area contributed by atoms with Crippen LogP contribution in [0.1, 0.15) is 11.5 Å². The number of hydrogen-bond donors (Lipinski definition) is 1. The highest BCUT2D eigenvalue weighted by Crippen LogP contribution is 2.11. The average molecular weight is 229 g/mol. The summed E-state index contributed by atoms with van der Waals surface area (Å²) in [6, 6.07) is 5.95. The van der Waals surface area contributed by atoms with Crippen molar-refractivity contribution < 1.29 is 0 Å². The van der Waals surface area contributed by atoms with Gasteiger partial charge in [0, 0.05) is 12.6 Å². The molecule has 0 atom stereocenters. The van der Waals surface area contributed by atoms with Gasteiger partial charge in [0.05, 0.1) is 12.2 Å². The van der Waals surface area contributed by atoms with Gasteiger partial charge in [0.15, 0.2) is 0 Å². The summed E-state index contributed by atoms with van der Waals surface area (Å²) in [5, 5.41) is 11.5. The summed E-state index contributed by atoms with van der Waals surface area (Å²) < 4.78 is 2.08. The van der Waals surface area contributed by atoms with E-state index in [1.807, 2.05) is 24.4 Å².